The van der Waals surface area contributed by atoms with E-state index in [1.54, 1.807) is 6.07 Å². The molecule has 0 spiro atoms. The Bertz CT molecular complexity index is 551. The topological polar surface area (TPSA) is 58.2 Å². The van der Waals surface area contributed by atoms with Gasteiger partial charge >= 0.3 is 0 Å². The number of hydrogen-bond donors (Lipinski definition) is 2. The van der Waals surface area contributed by atoms with Crippen LogP contribution < -0.4 is 10.0 Å². The molecule has 0 aromatic heterocycles. The van der Waals surface area contributed by atoms with E-state index in [-0.39, 0.29) is 5.92 Å². The lowest BCUT2D eigenvalue weighted by molar-refractivity contribution is 0.558. The lowest BCUT2D eigenvalue weighted by atomic mass is 10.1. The molecule has 1 aromatic carbocycles. The minimum Gasteiger partial charge on any atom is -0.310 e. The summed E-state index contributed by atoms with van der Waals surface area (Å²) < 4.78 is 27.6. The fourth-order valence-electron chi connectivity index (χ4n) is 1.93. The zero-order chi connectivity index (χ0) is 16.0. The van der Waals surface area contributed by atoms with Crippen LogP contribution in [0.3, 0.4) is 0 Å². The highest BCUT2D eigenvalue weighted by atomic mass is 32.2. The van der Waals surface area contributed by atoms with Crippen molar-refractivity contribution in [1.82, 2.24) is 10.0 Å². The van der Waals surface area contributed by atoms with Gasteiger partial charge in [-0.25, -0.2) is 13.1 Å². The molecule has 0 aliphatic rings. The van der Waals surface area contributed by atoms with E-state index in [2.05, 4.69) is 23.9 Å². The maximum Gasteiger partial charge on any atom is 0.240 e. The van der Waals surface area contributed by atoms with Crippen molar-refractivity contribution in [3.8, 4) is 0 Å². The molecule has 0 saturated carbocycles. The first-order valence-corrected chi connectivity index (χ1v) is 9.09. The van der Waals surface area contributed by atoms with E-state index < -0.39 is 10.0 Å². The Morgan fingerprint density at radius 2 is 1.81 bits per heavy atom. The molecule has 4 nitrogen and oxygen atoms in total. The average Bonchev–Trinajstić information content (AvgIpc) is 2.42. The standard InChI is InChI=1S/C16H28N2O2S/c1-6-15-8-7-14(11-17-13(4)5)9-16(15)21(19,20)18-10-12(2)3/h7-9,12-13,17-18H,6,10-11H2,1-5H3. The van der Waals surface area contributed by atoms with E-state index in [0.29, 0.717) is 30.4 Å². The van der Waals surface area contributed by atoms with Gasteiger partial charge in [-0.15, -0.1) is 0 Å². The average molecular weight is 312 g/mol. The monoisotopic (exact) mass is 312 g/mol. The van der Waals surface area contributed by atoms with Gasteiger partial charge in [-0.2, -0.15) is 0 Å². The first-order valence-electron chi connectivity index (χ1n) is 7.61. The van der Waals surface area contributed by atoms with Crippen molar-refractivity contribution in [1.29, 1.82) is 0 Å². The molecule has 120 valence electrons. The Labute approximate surface area is 129 Å². The molecule has 0 amide bonds. The number of aryl methyl sites for hydroxylation is 1. The smallest absolute Gasteiger partial charge is 0.240 e. The summed E-state index contributed by atoms with van der Waals surface area (Å²) in [7, 11) is -3.44. The van der Waals surface area contributed by atoms with E-state index in [0.717, 1.165) is 11.1 Å². The Morgan fingerprint density at radius 1 is 1.14 bits per heavy atom. The van der Waals surface area contributed by atoms with Crippen LogP contribution in [-0.2, 0) is 23.0 Å². The predicted molar refractivity (Wildman–Crippen MR) is 87.8 cm³/mol. The molecule has 0 aliphatic heterocycles. The van der Waals surface area contributed by atoms with Gasteiger partial charge in [-0.05, 0) is 29.5 Å². The van der Waals surface area contributed by atoms with E-state index in [9.17, 15) is 8.42 Å². The molecular formula is C16H28N2O2S. The zero-order valence-corrected chi connectivity index (χ0v) is 14.5. The van der Waals surface area contributed by atoms with Crippen LogP contribution in [0.1, 0.15) is 45.7 Å². The first kappa shape index (κ1) is 18.1. The summed E-state index contributed by atoms with van der Waals surface area (Å²) in [5.74, 6) is 0.288. The van der Waals surface area contributed by atoms with E-state index in [1.807, 2.05) is 32.9 Å². The maximum absolute atomic E-state index is 12.5. The highest BCUT2D eigenvalue weighted by Gasteiger charge is 2.18. The van der Waals surface area contributed by atoms with Gasteiger partial charge in [0.25, 0.3) is 0 Å². The minimum atomic E-state index is -3.44. The Hall–Kier alpha value is -0.910. The molecule has 0 saturated heterocycles. The highest BCUT2D eigenvalue weighted by molar-refractivity contribution is 7.89. The number of rotatable bonds is 8. The maximum atomic E-state index is 12.5. The highest BCUT2D eigenvalue weighted by Crippen LogP contribution is 2.19. The quantitative estimate of drug-likeness (QED) is 0.776. The molecule has 0 aliphatic carbocycles. The second-order valence-electron chi connectivity index (χ2n) is 6.08. The minimum absolute atomic E-state index is 0.288. The molecule has 0 bridgehead atoms. The normalized spacial score (nSPS) is 12.3. The number of hydrogen-bond acceptors (Lipinski definition) is 3. The lowest BCUT2D eigenvalue weighted by Crippen LogP contribution is -2.28. The predicted octanol–water partition coefficient (Wildman–Crippen LogP) is 2.68. The van der Waals surface area contributed by atoms with Gasteiger partial charge in [-0.3, -0.25) is 0 Å². The Balaban J connectivity index is 3.04. The third-order valence-corrected chi connectivity index (χ3v) is 4.70. The summed E-state index contributed by atoms with van der Waals surface area (Å²) >= 11 is 0. The van der Waals surface area contributed by atoms with Crippen molar-refractivity contribution >= 4 is 10.0 Å². The third kappa shape index (κ3) is 5.77. The lowest BCUT2D eigenvalue weighted by Gasteiger charge is -2.14. The second-order valence-corrected chi connectivity index (χ2v) is 7.81. The summed E-state index contributed by atoms with van der Waals surface area (Å²) in [5.41, 5.74) is 1.85. The van der Waals surface area contributed by atoms with Crippen molar-refractivity contribution in [2.45, 2.75) is 58.5 Å². The molecule has 0 fully saturated rings. The van der Waals surface area contributed by atoms with Gasteiger partial charge < -0.3 is 5.32 Å². The molecule has 0 radical (unpaired) electrons. The van der Waals surface area contributed by atoms with Crippen LogP contribution in [0, 0.1) is 5.92 Å². The third-order valence-electron chi connectivity index (χ3n) is 3.20. The molecule has 0 heterocycles. The van der Waals surface area contributed by atoms with Gasteiger partial charge in [-0.1, -0.05) is 46.8 Å². The second kappa shape index (κ2) is 7.92. The van der Waals surface area contributed by atoms with Gasteiger partial charge in [0.05, 0.1) is 4.90 Å². The molecule has 5 heteroatoms. The van der Waals surface area contributed by atoms with Crippen LogP contribution in [0.5, 0.6) is 0 Å². The summed E-state index contributed by atoms with van der Waals surface area (Å²) in [6.07, 6.45) is 0.704. The van der Waals surface area contributed by atoms with Crippen molar-refractivity contribution < 1.29 is 8.42 Å². The number of sulfonamides is 1. The molecule has 21 heavy (non-hydrogen) atoms. The zero-order valence-electron chi connectivity index (χ0n) is 13.7. The Morgan fingerprint density at radius 3 is 2.33 bits per heavy atom. The summed E-state index contributed by atoms with van der Waals surface area (Å²) in [4.78, 5) is 0.411. The van der Waals surface area contributed by atoms with Crippen LogP contribution >= 0.6 is 0 Å². The summed E-state index contributed by atoms with van der Waals surface area (Å²) in [5, 5.41) is 3.31. The van der Waals surface area contributed by atoms with E-state index in [1.165, 1.54) is 0 Å². The first-order chi connectivity index (χ1) is 9.76. The van der Waals surface area contributed by atoms with E-state index in [4.69, 9.17) is 0 Å². The van der Waals surface area contributed by atoms with Crippen LogP contribution in [-0.4, -0.2) is 21.0 Å². The van der Waals surface area contributed by atoms with Gasteiger partial charge in [0.2, 0.25) is 10.0 Å². The van der Waals surface area contributed by atoms with Gasteiger partial charge in [0.1, 0.15) is 0 Å². The van der Waals surface area contributed by atoms with Crippen LogP contribution in [0.15, 0.2) is 23.1 Å². The largest absolute Gasteiger partial charge is 0.310 e. The van der Waals surface area contributed by atoms with Crippen molar-refractivity contribution in [3.05, 3.63) is 29.3 Å². The fourth-order valence-corrected chi connectivity index (χ4v) is 3.50. The van der Waals surface area contributed by atoms with Crippen molar-refractivity contribution in [3.63, 3.8) is 0 Å². The van der Waals surface area contributed by atoms with Crippen LogP contribution in [0.25, 0.3) is 0 Å². The summed E-state index contributed by atoms with van der Waals surface area (Å²) in [6, 6.07) is 6.07. The van der Waals surface area contributed by atoms with Gasteiger partial charge in [0.15, 0.2) is 0 Å². The van der Waals surface area contributed by atoms with Gasteiger partial charge in [0, 0.05) is 19.1 Å². The number of benzene rings is 1. The summed E-state index contributed by atoms with van der Waals surface area (Å²) in [6.45, 7) is 11.2. The van der Waals surface area contributed by atoms with Crippen molar-refractivity contribution in [2.75, 3.05) is 6.54 Å². The Kier molecular flexibility index (Phi) is 6.84. The molecule has 1 rings (SSSR count). The fraction of sp³-hybridized carbons (Fsp3) is 0.625. The molecule has 0 unspecified atom stereocenters. The van der Waals surface area contributed by atoms with Crippen LogP contribution in [0.4, 0.5) is 0 Å². The SMILES string of the molecule is CCc1ccc(CNC(C)C)cc1S(=O)(=O)NCC(C)C. The molecule has 0 atom stereocenters. The molecule has 2 N–H and O–H groups in total. The molecule has 1 aromatic rings. The van der Waals surface area contributed by atoms with Crippen molar-refractivity contribution in [2.24, 2.45) is 5.92 Å². The number of nitrogens with one attached hydrogen (secondary N) is 2. The van der Waals surface area contributed by atoms with Crippen LogP contribution in [0.2, 0.25) is 0 Å². The molecular weight excluding hydrogens is 284 g/mol. The van der Waals surface area contributed by atoms with E-state index >= 15 is 0 Å².